The molecule has 3 rings (SSSR count). The summed E-state index contributed by atoms with van der Waals surface area (Å²) >= 11 is 0. The van der Waals surface area contributed by atoms with Crippen LogP contribution in [0.25, 0.3) is 5.57 Å². The molecule has 1 heterocycles. The largest absolute Gasteiger partial charge is 0.502 e. The molecule has 146 valence electrons. The van der Waals surface area contributed by atoms with E-state index < -0.39 is 17.6 Å². The molecule has 28 heavy (non-hydrogen) atoms. The zero-order chi connectivity index (χ0) is 20.4. The highest BCUT2D eigenvalue weighted by Crippen LogP contribution is 2.37. The topological polar surface area (TPSA) is 76.1 Å². The Morgan fingerprint density at radius 2 is 1.71 bits per heavy atom. The van der Waals surface area contributed by atoms with Crippen molar-refractivity contribution in [1.29, 1.82) is 0 Å². The van der Waals surface area contributed by atoms with Gasteiger partial charge in [-0.1, -0.05) is 32.0 Å². The molecule has 6 nitrogen and oxygen atoms in total. The van der Waals surface area contributed by atoms with Crippen molar-refractivity contribution in [3.8, 4) is 11.5 Å². The Bertz CT molecular complexity index is 944. The maximum absolute atomic E-state index is 13.0. The van der Waals surface area contributed by atoms with Crippen molar-refractivity contribution in [1.82, 2.24) is 0 Å². The van der Waals surface area contributed by atoms with Crippen molar-refractivity contribution >= 4 is 23.1 Å². The number of anilines is 1. The van der Waals surface area contributed by atoms with Crippen molar-refractivity contribution in [2.75, 3.05) is 18.6 Å². The van der Waals surface area contributed by atoms with Gasteiger partial charge in [-0.3, -0.25) is 9.59 Å². The van der Waals surface area contributed by atoms with Gasteiger partial charge in [0.05, 0.1) is 25.0 Å². The summed E-state index contributed by atoms with van der Waals surface area (Å²) in [4.78, 5) is 26.6. The summed E-state index contributed by atoms with van der Waals surface area (Å²) in [7, 11) is 1.46. The van der Waals surface area contributed by atoms with E-state index in [1.165, 1.54) is 7.11 Å². The average Bonchev–Trinajstić information content (AvgIpc) is 2.89. The van der Waals surface area contributed by atoms with Gasteiger partial charge < -0.3 is 14.6 Å². The highest BCUT2D eigenvalue weighted by Gasteiger charge is 2.41. The Labute approximate surface area is 164 Å². The Kier molecular flexibility index (Phi) is 5.40. The Hall–Kier alpha value is -3.28. The van der Waals surface area contributed by atoms with Crippen LogP contribution in [0.4, 0.5) is 5.69 Å². The van der Waals surface area contributed by atoms with Crippen LogP contribution in [0, 0.1) is 12.8 Å². The number of carbonyl (C=O) groups excluding carboxylic acids is 2. The summed E-state index contributed by atoms with van der Waals surface area (Å²) < 4.78 is 10.9. The first-order chi connectivity index (χ1) is 13.3. The lowest BCUT2D eigenvalue weighted by atomic mass is 10.1. The second kappa shape index (κ2) is 7.76. The average molecular weight is 381 g/mol. The van der Waals surface area contributed by atoms with E-state index in [1.807, 2.05) is 26.8 Å². The Balaban J connectivity index is 1.93. The number of methoxy groups -OCH3 is 1. The molecule has 0 aliphatic carbocycles. The predicted molar refractivity (Wildman–Crippen MR) is 107 cm³/mol. The predicted octanol–water partition coefficient (Wildman–Crippen LogP) is 3.88. The summed E-state index contributed by atoms with van der Waals surface area (Å²) in [5.74, 6) is -0.528. The summed E-state index contributed by atoms with van der Waals surface area (Å²) in [6.45, 7) is 6.52. The molecule has 0 aromatic heterocycles. The van der Waals surface area contributed by atoms with Crippen LogP contribution in [0.3, 0.4) is 0 Å². The minimum atomic E-state index is -0.774. The van der Waals surface area contributed by atoms with E-state index in [0.29, 0.717) is 35.3 Å². The zero-order valence-electron chi connectivity index (χ0n) is 16.4. The van der Waals surface area contributed by atoms with Crippen LogP contribution < -0.4 is 14.4 Å². The van der Waals surface area contributed by atoms with Crippen molar-refractivity contribution in [2.24, 2.45) is 5.92 Å². The molecule has 2 aromatic carbocycles. The molecular formula is C22H23NO5. The molecule has 0 unspecified atom stereocenters. The number of carbonyl (C=O) groups is 2. The third-order valence-corrected chi connectivity index (χ3v) is 4.36. The van der Waals surface area contributed by atoms with E-state index in [9.17, 15) is 14.7 Å². The van der Waals surface area contributed by atoms with E-state index in [0.717, 1.165) is 10.5 Å². The maximum Gasteiger partial charge on any atom is 0.301 e. The molecule has 1 aliphatic heterocycles. The lowest BCUT2D eigenvalue weighted by Gasteiger charge is -2.18. The van der Waals surface area contributed by atoms with Crippen LogP contribution in [0.5, 0.6) is 11.5 Å². The zero-order valence-corrected chi connectivity index (χ0v) is 16.4. The van der Waals surface area contributed by atoms with Crippen molar-refractivity contribution in [2.45, 2.75) is 20.8 Å². The number of amides is 2. The quantitative estimate of drug-likeness (QED) is 0.769. The Morgan fingerprint density at radius 1 is 1.04 bits per heavy atom. The maximum atomic E-state index is 13.0. The van der Waals surface area contributed by atoms with Gasteiger partial charge in [-0.15, -0.1) is 0 Å². The van der Waals surface area contributed by atoms with E-state index >= 15 is 0 Å². The molecule has 2 aromatic rings. The summed E-state index contributed by atoms with van der Waals surface area (Å²) in [6, 6.07) is 11.9. The molecule has 0 saturated heterocycles. The molecule has 0 radical (unpaired) electrons. The fourth-order valence-electron chi connectivity index (χ4n) is 2.95. The summed E-state index contributed by atoms with van der Waals surface area (Å²) in [5, 5.41) is 10.4. The molecule has 6 heteroatoms. The van der Waals surface area contributed by atoms with Crippen LogP contribution >= 0.6 is 0 Å². The number of imide groups is 1. The normalized spacial score (nSPS) is 14.2. The molecular weight excluding hydrogens is 358 g/mol. The SMILES string of the molecule is COc1ccc(C)cc1N1C(=O)C(O)=C(c2ccc(OCC(C)C)cc2)C1=O. The van der Waals surface area contributed by atoms with E-state index in [4.69, 9.17) is 9.47 Å². The van der Waals surface area contributed by atoms with Gasteiger partial charge in [0, 0.05) is 0 Å². The van der Waals surface area contributed by atoms with Gasteiger partial charge >= 0.3 is 5.91 Å². The van der Waals surface area contributed by atoms with Crippen molar-refractivity contribution in [3.63, 3.8) is 0 Å². The second-order valence-electron chi connectivity index (χ2n) is 7.07. The molecule has 0 saturated carbocycles. The smallest absolute Gasteiger partial charge is 0.301 e. The number of aliphatic hydroxyl groups is 1. The number of aliphatic hydroxyl groups excluding tert-OH is 1. The lowest BCUT2D eigenvalue weighted by molar-refractivity contribution is -0.121. The van der Waals surface area contributed by atoms with Gasteiger partial charge in [0.2, 0.25) is 0 Å². The minimum Gasteiger partial charge on any atom is -0.502 e. The van der Waals surface area contributed by atoms with Crippen molar-refractivity contribution in [3.05, 3.63) is 59.4 Å². The van der Waals surface area contributed by atoms with Gasteiger partial charge in [-0.25, -0.2) is 4.90 Å². The van der Waals surface area contributed by atoms with Crippen LogP contribution in [0.15, 0.2) is 48.2 Å². The van der Waals surface area contributed by atoms with Gasteiger partial charge in [0.15, 0.2) is 5.76 Å². The van der Waals surface area contributed by atoms with Crippen LogP contribution in [0.1, 0.15) is 25.0 Å². The third-order valence-electron chi connectivity index (χ3n) is 4.36. The number of nitrogens with zero attached hydrogens (tertiary/aromatic N) is 1. The first kappa shape index (κ1) is 19.5. The van der Waals surface area contributed by atoms with E-state index in [2.05, 4.69) is 0 Å². The van der Waals surface area contributed by atoms with E-state index in [1.54, 1.807) is 36.4 Å². The summed E-state index contributed by atoms with van der Waals surface area (Å²) in [5.41, 5.74) is 1.57. The van der Waals surface area contributed by atoms with Gasteiger partial charge in [0.1, 0.15) is 11.5 Å². The highest BCUT2D eigenvalue weighted by atomic mass is 16.5. The first-order valence-corrected chi connectivity index (χ1v) is 9.03. The van der Waals surface area contributed by atoms with Crippen LogP contribution in [-0.4, -0.2) is 30.6 Å². The van der Waals surface area contributed by atoms with Gasteiger partial charge in [-0.05, 0) is 48.2 Å². The number of hydrogen-bond acceptors (Lipinski definition) is 5. The molecule has 2 amide bonds. The molecule has 0 atom stereocenters. The number of hydrogen-bond donors (Lipinski definition) is 1. The fourth-order valence-corrected chi connectivity index (χ4v) is 2.95. The number of benzene rings is 2. The van der Waals surface area contributed by atoms with Gasteiger partial charge in [-0.2, -0.15) is 0 Å². The second-order valence-corrected chi connectivity index (χ2v) is 7.07. The number of aryl methyl sites for hydroxylation is 1. The lowest BCUT2D eigenvalue weighted by Crippen LogP contribution is -2.32. The van der Waals surface area contributed by atoms with Crippen molar-refractivity contribution < 1.29 is 24.2 Å². The minimum absolute atomic E-state index is 0.0380. The van der Waals surface area contributed by atoms with E-state index in [-0.39, 0.29) is 5.57 Å². The molecule has 0 spiro atoms. The van der Waals surface area contributed by atoms with Crippen LogP contribution in [-0.2, 0) is 9.59 Å². The number of ether oxygens (including phenoxy) is 2. The Morgan fingerprint density at radius 3 is 2.32 bits per heavy atom. The number of rotatable bonds is 6. The molecule has 1 N–H and O–H groups in total. The molecule has 0 bridgehead atoms. The monoisotopic (exact) mass is 381 g/mol. The fraction of sp³-hybridized carbons (Fsp3) is 0.273. The van der Waals surface area contributed by atoms with Gasteiger partial charge in [0.25, 0.3) is 5.91 Å². The standard InChI is InChI=1S/C22H23NO5/c1-13(2)12-28-16-8-6-15(7-9-16)19-20(24)22(26)23(21(19)25)17-11-14(3)5-10-18(17)27-4/h5-11,13,24H,12H2,1-4H3. The third kappa shape index (κ3) is 3.58. The highest BCUT2D eigenvalue weighted by molar-refractivity contribution is 6.45. The molecule has 1 aliphatic rings. The molecule has 0 fully saturated rings. The van der Waals surface area contributed by atoms with Crippen LogP contribution in [0.2, 0.25) is 0 Å². The first-order valence-electron chi connectivity index (χ1n) is 9.03. The summed E-state index contributed by atoms with van der Waals surface area (Å²) in [6.07, 6.45) is 0.